The average Bonchev–Trinajstić information content (AvgIpc) is 2.93. The summed E-state index contributed by atoms with van der Waals surface area (Å²) in [5.41, 5.74) is 1.12. The van der Waals surface area contributed by atoms with Crippen molar-refractivity contribution in [3.05, 3.63) is 23.8 Å². The maximum Gasteiger partial charge on any atom is 0.127 e. The predicted molar refractivity (Wildman–Crippen MR) is 79.3 cm³/mol. The van der Waals surface area contributed by atoms with Gasteiger partial charge in [0.2, 0.25) is 0 Å². The van der Waals surface area contributed by atoms with Crippen molar-refractivity contribution in [3.8, 4) is 11.5 Å². The molecule has 1 aromatic rings. The molecule has 3 unspecified atom stereocenters. The fourth-order valence-electron chi connectivity index (χ4n) is 3.06. The van der Waals surface area contributed by atoms with E-state index in [1.54, 1.807) is 14.2 Å². The van der Waals surface area contributed by atoms with Crippen molar-refractivity contribution in [3.63, 3.8) is 0 Å². The van der Waals surface area contributed by atoms with E-state index < -0.39 is 0 Å². The topological polar surface area (TPSA) is 50.7 Å². The third-order valence-electron chi connectivity index (χ3n) is 4.26. The number of hydrogen-bond donors (Lipinski definition) is 2. The second kappa shape index (κ2) is 6.95. The second-order valence-corrected chi connectivity index (χ2v) is 5.48. The summed E-state index contributed by atoms with van der Waals surface area (Å²) in [6.45, 7) is 2.40. The minimum atomic E-state index is 0.188. The fourth-order valence-corrected chi connectivity index (χ4v) is 3.06. The monoisotopic (exact) mass is 279 g/mol. The number of benzene rings is 1. The summed E-state index contributed by atoms with van der Waals surface area (Å²) in [6, 6.07) is 6.48. The van der Waals surface area contributed by atoms with Gasteiger partial charge < -0.3 is 19.9 Å². The molecule has 0 bridgehead atoms. The molecule has 4 heteroatoms. The summed E-state index contributed by atoms with van der Waals surface area (Å²) >= 11 is 0. The molecule has 0 amide bonds. The molecule has 1 fully saturated rings. The first-order valence-electron chi connectivity index (χ1n) is 7.28. The van der Waals surface area contributed by atoms with E-state index in [1.807, 2.05) is 18.2 Å². The number of hydrogen-bond acceptors (Lipinski definition) is 4. The lowest BCUT2D eigenvalue weighted by Gasteiger charge is -2.25. The van der Waals surface area contributed by atoms with E-state index in [-0.39, 0.29) is 12.6 Å². The van der Waals surface area contributed by atoms with Crippen molar-refractivity contribution in [1.82, 2.24) is 5.32 Å². The molecule has 0 aromatic heterocycles. The maximum absolute atomic E-state index is 9.41. The summed E-state index contributed by atoms with van der Waals surface area (Å²) in [4.78, 5) is 0. The first kappa shape index (κ1) is 15.1. The smallest absolute Gasteiger partial charge is 0.127 e. The Morgan fingerprint density at radius 1 is 1.30 bits per heavy atom. The molecular weight excluding hydrogens is 254 g/mol. The molecule has 0 spiro atoms. The second-order valence-electron chi connectivity index (χ2n) is 5.48. The summed E-state index contributed by atoms with van der Waals surface area (Å²) in [5, 5.41) is 13.0. The Hall–Kier alpha value is -1.26. The van der Waals surface area contributed by atoms with Gasteiger partial charge in [-0.1, -0.05) is 12.5 Å². The number of rotatable bonds is 6. The Morgan fingerprint density at radius 3 is 2.75 bits per heavy atom. The first-order chi connectivity index (χ1) is 9.69. The summed E-state index contributed by atoms with van der Waals surface area (Å²) in [6.07, 6.45) is 3.43. The van der Waals surface area contributed by atoms with Crippen LogP contribution in [0.5, 0.6) is 11.5 Å². The SMILES string of the molecule is COc1ccc(C(C)NC2CCCC2CO)c(OC)c1. The molecule has 112 valence electrons. The molecule has 0 radical (unpaired) electrons. The lowest BCUT2D eigenvalue weighted by molar-refractivity contribution is 0.200. The quantitative estimate of drug-likeness (QED) is 0.840. The van der Waals surface area contributed by atoms with Gasteiger partial charge in [-0.05, 0) is 31.7 Å². The van der Waals surface area contributed by atoms with Crippen LogP contribution >= 0.6 is 0 Å². The number of aliphatic hydroxyl groups is 1. The molecular formula is C16H25NO3. The zero-order valence-electron chi connectivity index (χ0n) is 12.6. The van der Waals surface area contributed by atoms with Crippen LogP contribution in [0.25, 0.3) is 0 Å². The summed E-state index contributed by atoms with van der Waals surface area (Å²) in [7, 11) is 3.33. The highest BCUT2D eigenvalue weighted by molar-refractivity contribution is 5.42. The van der Waals surface area contributed by atoms with E-state index in [0.29, 0.717) is 12.0 Å². The van der Waals surface area contributed by atoms with Gasteiger partial charge in [-0.3, -0.25) is 0 Å². The van der Waals surface area contributed by atoms with Gasteiger partial charge in [0, 0.05) is 30.3 Å². The van der Waals surface area contributed by atoms with Crippen LogP contribution in [0.4, 0.5) is 0 Å². The Kier molecular flexibility index (Phi) is 5.26. The van der Waals surface area contributed by atoms with Gasteiger partial charge in [0.25, 0.3) is 0 Å². The van der Waals surface area contributed by atoms with Crippen molar-refractivity contribution in [2.75, 3.05) is 20.8 Å². The highest BCUT2D eigenvalue weighted by Crippen LogP contribution is 2.32. The molecule has 1 aliphatic carbocycles. The maximum atomic E-state index is 9.41. The van der Waals surface area contributed by atoms with Crippen LogP contribution in [0.2, 0.25) is 0 Å². The van der Waals surface area contributed by atoms with Crippen LogP contribution in [0.1, 0.15) is 37.8 Å². The van der Waals surface area contributed by atoms with E-state index >= 15 is 0 Å². The van der Waals surface area contributed by atoms with Crippen molar-refractivity contribution in [2.24, 2.45) is 5.92 Å². The van der Waals surface area contributed by atoms with Crippen molar-refractivity contribution < 1.29 is 14.6 Å². The molecule has 2 N–H and O–H groups in total. The van der Waals surface area contributed by atoms with Gasteiger partial charge in [-0.25, -0.2) is 0 Å². The van der Waals surface area contributed by atoms with Crippen LogP contribution in [0.3, 0.4) is 0 Å². The van der Waals surface area contributed by atoms with E-state index in [1.165, 1.54) is 6.42 Å². The van der Waals surface area contributed by atoms with Crippen LogP contribution < -0.4 is 14.8 Å². The largest absolute Gasteiger partial charge is 0.497 e. The standard InChI is InChI=1S/C16H25NO3/c1-11(17-15-6-4-5-12(15)10-18)14-8-7-13(19-2)9-16(14)20-3/h7-9,11-12,15,17-18H,4-6,10H2,1-3H3. The van der Waals surface area contributed by atoms with Gasteiger partial charge in [0.05, 0.1) is 14.2 Å². The van der Waals surface area contributed by atoms with E-state index in [2.05, 4.69) is 12.2 Å². The van der Waals surface area contributed by atoms with Crippen molar-refractivity contribution >= 4 is 0 Å². The van der Waals surface area contributed by atoms with Gasteiger partial charge in [-0.15, -0.1) is 0 Å². The molecule has 20 heavy (non-hydrogen) atoms. The molecule has 3 atom stereocenters. The molecule has 0 heterocycles. The minimum absolute atomic E-state index is 0.188. The third-order valence-corrected chi connectivity index (χ3v) is 4.26. The Labute approximate surface area is 121 Å². The van der Waals surface area contributed by atoms with E-state index in [4.69, 9.17) is 9.47 Å². The van der Waals surface area contributed by atoms with E-state index in [0.717, 1.165) is 29.9 Å². The minimum Gasteiger partial charge on any atom is -0.497 e. The Bertz CT molecular complexity index is 436. The van der Waals surface area contributed by atoms with Crippen LogP contribution in [-0.4, -0.2) is 32.0 Å². The summed E-state index contributed by atoms with van der Waals surface area (Å²) < 4.78 is 10.7. The highest BCUT2D eigenvalue weighted by atomic mass is 16.5. The Morgan fingerprint density at radius 2 is 2.10 bits per heavy atom. The molecule has 1 aromatic carbocycles. The predicted octanol–water partition coefficient (Wildman–Crippen LogP) is 2.52. The average molecular weight is 279 g/mol. The number of nitrogens with one attached hydrogen (secondary N) is 1. The van der Waals surface area contributed by atoms with Crippen molar-refractivity contribution in [2.45, 2.75) is 38.3 Å². The molecule has 2 rings (SSSR count). The lowest BCUT2D eigenvalue weighted by atomic mass is 10.0. The zero-order valence-corrected chi connectivity index (χ0v) is 12.6. The molecule has 1 saturated carbocycles. The lowest BCUT2D eigenvalue weighted by Crippen LogP contribution is -2.36. The molecule has 0 aliphatic heterocycles. The normalized spacial score (nSPS) is 23.6. The van der Waals surface area contributed by atoms with Gasteiger partial charge in [0.1, 0.15) is 11.5 Å². The van der Waals surface area contributed by atoms with Crippen molar-refractivity contribution in [1.29, 1.82) is 0 Å². The zero-order chi connectivity index (χ0) is 14.5. The number of ether oxygens (including phenoxy) is 2. The Balaban J connectivity index is 2.10. The van der Waals surface area contributed by atoms with Crippen LogP contribution in [0.15, 0.2) is 18.2 Å². The number of methoxy groups -OCH3 is 2. The van der Waals surface area contributed by atoms with Gasteiger partial charge >= 0.3 is 0 Å². The first-order valence-corrected chi connectivity index (χ1v) is 7.28. The van der Waals surface area contributed by atoms with Gasteiger partial charge in [0.15, 0.2) is 0 Å². The fraction of sp³-hybridized carbons (Fsp3) is 0.625. The third kappa shape index (κ3) is 3.25. The highest BCUT2D eigenvalue weighted by Gasteiger charge is 2.28. The summed E-state index contributed by atoms with van der Waals surface area (Å²) in [5.74, 6) is 2.01. The van der Waals surface area contributed by atoms with Gasteiger partial charge in [-0.2, -0.15) is 0 Å². The van der Waals surface area contributed by atoms with Crippen LogP contribution in [0, 0.1) is 5.92 Å². The molecule has 0 saturated heterocycles. The molecule has 1 aliphatic rings. The van der Waals surface area contributed by atoms with E-state index in [9.17, 15) is 5.11 Å². The number of aliphatic hydroxyl groups excluding tert-OH is 1. The molecule has 4 nitrogen and oxygen atoms in total. The van der Waals surface area contributed by atoms with Crippen LogP contribution in [-0.2, 0) is 0 Å².